The Balaban J connectivity index is 1.33. The van der Waals surface area contributed by atoms with Gasteiger partial charge in [-0.25, -0.2) is 9.97 Å². The van der Waals surface area contributed by atoms with Crippen molar-refractivity contribution >= 4 is 45.2 Å². The normalized spacial score (nSPS) is 20.0. The summed E-state index contributed by atoms with van der Waals surface area (Å²) in [6, 6.07) is 8.72. The Morgan fingerprint density at radius 3 is 2.66 bits per heavy atom. The number of anilines is 1. The molecule has 2 aromatic heterocycles. The molecule has 0 radical (unpaired) electrons. The predicted octanol–water partition coefficient (Wildman–Crippen LogP) is 4.76. The molecule has 2 aliphatic heterocycles. The molecule has 7 nitrogen and oxygen atoms in total. The second kappa shape index (κ2) is 11.9. The lowest BCUT2D eigenvalue weighted by Gasteiger charge is -2.28. The average molecular weight is 551 g/mol. The maximum atomic E-state index is 5.80. The first-order valence-electron chi connectivity index (χ1n) is 13.8. The number of hydrogen-bond acceptors (Lipinski definition) is 9. The van der Waals surface area contributed by atoms with Crippen LogP contribution in [0.4, 0.5) is 5.82 Å². The molecule has 1 aromatic carbocycles. The molecule has 4 heterocycles. The number of fused-ring (bicyclic) bond motifs is 1. The fraction of sp³-hybridized carbons (Fsp3) is 0.517. The van der Waals surface area contributed by atoms with Crippen molar-refractivity contribution in [2.45, 2.75) is 30.7 Å². The molecule has 0 spiro atoms. The van der Waals surface area contributed by atoms with Gasteiger partial charge in [-0.1, -0.05) is 6.07 Å². The molecular weight excluding hydrogens is 512 g/mol. The fourth-order valence-electron chi connectivity index (χ4n) is 5.51. The van der Waals surface area contributed by atoms with Crippen molar-refractivity contribution < 1.29 is 4.74 Å². The molecule has 0 bridgehead atoms. The molecule has 0 atom stereocenters. The number of aromatic nitrogens is 2. The topological polar surface area (TPSA) is 70.8 Å². The van der Waals surface area contributed by atoms with Crippen LogP contribution in [0.5, 0.6) is 0 Å². The Kier molecular flexibility index (Phi) is 8.18. The predicted molar refractivity (Wildman–Crippen MR) is 160 cm³/mol. The number of morpholine rings is 1. The first kappa shape index (κ1) is 26.1. The summed E-state index contributed by atoms with van der Waals surface area (Å²) in [7, 11) is 0. The van der Waals surface area contributed by atoms with E-state index in [1.54, 1.807) is 18.0 Å². The van der Waals surface area contributed by atoms with Gasteiger partial charge >= 0.3 is 0 Å². The maximum Gasteiger partial charge on any atom is 0.162 e. The van der Waals surface area contributed by atoms with E-state index in [2.05, 4.69) is 45.2 Å². The summed E-state index contributed by atoms with van der Waals surface area (Å²) in [5.74, 6) is 2.76. The summed E-state index contributed by atoms with van der Waals surface area (Å²) in [5, 5.41) is 0. The van der Waals surface area contributed by atoms with E-state index in [1.165, 1.54) is 59.9 Å². The first-order valence-corrected chi connectivity index (χ1v) is 15.9. The smallest absolute Gasteiger partial charge is 0.162 e. The molecule has 0 amide bonds. The number of thioether (sulfide) groups is 1. The van der Waals surface area contributed by atoms with E-state index in [9.17, 15) is 0 Å². The third-order valence-corrected chi connectivity index (χ3v) is 9.60. The van der Waals surface area contributed by atoms with E-state index in [4.69, 9.17) is 20.4 Å². The van der Waals surface area contributed by atoms with Crippen LogP contribution in [0.2, 0.25) is 0 Å². The minimum atomic E-state index is 0.729. The van der Waals surface area contributed by atoms with Gasteiger partial charge in [0.25, 0.3) is 0 Å². The van der Waals surface area contributed by atoms with Crippen LogP contribution in [0, 0.1) is 5.92 Å². The molecule has 9 heteroatoms. The van der Waals surface area contributed by atoms with E-state index in [0.29, 0.717) is 0 Å². The summed E-state index contributed by atoms with van der Waals surface area (Å²) in [5.41, 5.74) is 8.89. The zero-order valence-corrected chi connectivity index (χ0v) is 23.9. The van der Waals surface area contributed by atoms with Gasteiger partial charge in [0.1, 0.15) is 0 Å². The Morgan fingerprint density at radius 1 is 1.05 bits per heavy atom. The van der Waals surface area contributed by atoms with Crippen molar-refractivity contribution in [2.75, 3.05) is 70.2 Å². The van der Waals surface area contributed by atoms with E-state index in [0.717, 1.165) is 73.6 Å². The summed E-state index contributed by atoms with van der Waals surface area (Å²) in [6.45, 7) is 10.2. The molecule has 3 aromatic rings. The zero-order valence-electron chi connectivity index (χ0n) is 22.3. The molecule has 3 aliphatic rings. The van der Waals surface area contributed by atoms with Gasteiger partial charge in [-0.2, -0.15) is 0 Å². The number of nitrogens with two attached hydrogens (primary N) is 1. The minimum Gasteiger partial charge on any atom is -0.405 e. The van der Waals surface area contributed by atoms with E-state index >= 15 is 0 Å². The molecular formula is C29H38N6OS2. The lowest BCUT2D eigenvalue weighted by atomic mass is 10.1. The van der Waals surface area contributed by atoms with Crippen LogP contribution < -0.4 is 10.6 Å². The lowest BCUT2D eigenvalue weighted by molar-refractivity contribution is 0.122. The number of thiophene rings is 1. The number of ether oxygens (including phenoxy) is 1. The second-order valence-electron chi connectivity index (χ2n) is 10.6. The molecule has 6 rings (SSSR count). The molecule has 202 valence electrons. The van der Waals surface area contributed by atoms with Crippen molar-refractivity contribution in [2.24, 2.45) is 11.7 Å². The van der Waals surface area contributed by atoms with Crippen molar-refractivity contribution in [1.82, 2.24) is 19.8 Å². The highest BCUT2D eigenvalue weighted by atomic mass is 32.2. The highest BCUT2D eigenvalue weighted by Crippen LogP contribution is 2.37. The summed E-state index contributed by atoms with van der Waals surface area (Å²) in [4.78, 5) is 20.6. The van der Waals surface area contributed by atoms with Gasteiger partial charge in [-0.15, -0.1) is 23.1 Å². The number of benzene rings is 1. The first-order chi connectivity index (χ1) is 18.7. The van der Waals surface area contributed by atoms with Gasteiger partial charge in [0, 0.05) is 54.6 Å². The van der Waals surface area contributed by atoms with Gasteiger partial charge in [0.15, 0.2) is 11.6 Å². The number of rotatable bonds is 8. The van der Waals surface area contributed by atoms with Gasteiger partial charge in [-0.3, -0.25) is 4.90 Å². The van der Waals surface area contributed by atoms with Gasteiger partial charge in [0.2, 0.25) is 0 Å². The monoisotopic (exact) mass is 550 g/mol. The van der Waals surface area contributed by atoms with Crippen LogP contribution in [0.15, 0.2) is 35.4 Å². The number of nitrogens with zero attached hydrogens (tertiary/aromatic N) is 5. The minimum absolute atomic E-state index is 0.729. The Bertz CT molecular complexity index is 1280. The Morgan fingerprint density at radius 2 is 1.87 bits per heavy atom. The van der Waals surface area contributed by atoms with E-state index in [1.807, 2.05) is 17.4 Å². The third-order valence-electron chi connectivity index (χ3n) is 7.77. The molecule has 3 fully saturated rings. The maximum absolute atomic E-state index is 5.80. The highest BCUT2D eigenvalue weighted by molar-refractivity contribution is 7.98. The Hall–Kier alpha value is -2.17. The van der Waals surface area contributed by atoms with Crippen LogP contribution in [-0.4, -0.2) is 85.1 Å². The molecule has 2 saturated heterocycles. The average Bonchev–Trinajstić information content (AvgIpc) is 3.71. The van der Waals surface area contributed by atoms with Crippen molar-refractivity contribution in [1.29, 1.82) is 0 Å². The number of hydrogen-bond donors (Lipinski definition) is 1. The molecule has 2 N–H and O–H groups in total. The quantitative estimate of drug-likeness (QED) is 0.403. The van der Waals surface area contributed by atoms with Gasteiger partial charge in [-0.05, 0) is 80.6 Å². The fourth-order valence-corrected chi connectivity index (χ4v) is 7.10. The zero-order chi connectivity index (χ0) is 25.9. The van der Waals surface area contributed by atoms with Crippen LogP contribution in [0.1, 0.15) is 29.7 Å². The second-order valence-corrected chi connectivity index (χ2v) is 12.6. The highest BCUT2D eigenvalue weighted by Gasteiger charge is 2.26. The van der Waals surface area contributed by atoms with Gasteiger partial charge < -0.3 is 20.3 Å². The largest absolute Gasteiger partial charge is 0.405 e. The standard InChI is InChI=1S/C29H38N6OS2/c1-37-23-6-5-22(7-8-30)25(17-23)28-31-26-18-24(38-27(26)29(32-28)35-13-15-36-16-14-35)20-34-10-2-9-33(11-12-34)19-21-3-4-21/h5-8,17-18,21H,2-4,9-16,19-20,30H2,1H3/b8-7-. The van der Waals surface area contributed by atoms with Crippen molar-refractivity contribution in [3.8, 4) is 11.4 Å². The molecule has 1 saturated carbocycles. The van der Waals surface area contributed by atoms with Crippen molar-refractivity contribution in [3.05, 3.63) is 40.9 Å². The lowest BCUT2D eigenvalue weighted by Crippen LogP contribution is -2.36. The van der Waals surface area contributed by atoms with Crippen LogP contribution in [0.25, 0.3) is 27.7 Å². The van der Waals surface area contributed by atoms with Crippen LogP contribution in [-0.2, 0) is 11.3 Å². The summed E-state index contributed by atoms with van der Waals surface area (Å²) in [6.07, 6.45) is 9.74. The van der Waals surface area contributed by atoms with E-state index < -0.39 is 0 Å². The third kappa shape index (κ3) is 6.02. The van der Waals surface area contributed by atoms with Gasteiger partial charge in [0.05, 0.1) is 23.4 Å². The van der Waals surface area contributed by atoms with Crippen LogP contribution >= 0.6 is 23.1 Å². The SMILES string of the molecule is CSc1ccc(/C=C\N)c(-c2nc(N3CCOCC3)c3sc(CN4CCCN(CC5CC5)CC4)cc3n2)c1. The Labute approximate surface area is 234 Å². The summed E-state index contributed by atoms with van der Waals surface area (Å²) < 4.78 is 6.85. The molecule has 1 aliphatic carbocycles. The van der Waals surface area contributed by atoms with Crippen molar-refractivity contribution in [3.63, 3.8) is 0 Å². The molecule has 0 unspecified atom stereocenters. The molecule has 38 heavy (non-hydrogen) atoms. The van der Waals surface area contributed by atoms with Crippen LogP contribution in [0.3, 0.4) is 0 Å². The van der Waals surface area contributed by atoms with E-state index in [-0.39, 0.29) is 0 Å². The summed E-state index contributed by atoms with van der Waals surface area (Å²) >= 11 is 3.59.